The van der Waals surface area contributed by atoms with Gasteiger partial charge in [0, 0.05) is 5.56 Å². The summed E-state index contributed by atoms with van der Waals surface area (Å²) in [6, 6.07) is 1.11. The summed E-state index contributed by atoms with van der Waals surface area (Å²) < 4.78 is 23.6. The van der Waals surface area contributed by atoms with Crippen molar-refractivity contribution in [3.63, 3.8) is 0 Å². The third kappa shape index (κ3) is 1.61. The van der Waals surface area contributed by atoms with Gasteiger partial charge in [-0.25, -0.2) is 9.18 Å². The largest absolute Gasteiger partial charge is 0.479 e. The molecule has 0 spiro atoms. The lowest BCUT2D eigenvalue weighted by Crippen LogP contribution is -2.12. The summed E-state index contributed by atoms with van der Waals surface area (Å²) in [5.41, 5.74) is -0.372. The number of carboxylic acids is 1. The number of halogens is 2. The molecule has 1 aliphatic rings. The van der Waals surface area contributed by atoms with Crippen molar-refractivity contribution in [2.75, 3.05) is 6.79 Å². The number of hydrogen-bond acceptors (Lipinski definition) is 4. The van der Waals surface area contributed by atoms with Crippen LogP contribution in [0.3, 0.4) is 0 Å². The fraction of sp³-hybridized carbons (Fsp3) is 0.222. The molecule has 0 amide bonds. The normalized spacial score (nSPS) is 14.9. The average molecular weight is 293 g/mol. The maximum absolute atomic E-state index is 13.7. The Hall–Kier alpha value is -1.34. The lowest BCUT2D eigenvalue weighted by Gasteiger charge is -2.10. The van der Waals surface area contributed by atoms with Gasteiger partial charge >= 0.3 is 5.97 Å². The predicted octanol–water partition coefficient (Wildman–Crippen LogP) is 1.43. The van der Waals surface area contributed by atoms with Crippen LogP contribution in [-0.4, -0.2) is 23.0 Å². The molecule has 2 rings (SSSR count). The molecule has 2 N–H and O–H groups in total. The molecule has 0 fully saturated rings. The Morgan fingerprint density at radius 2 is 2.25 bits per heavy atom. The molecule has 7 heteroatoms. The van der Waals surface area contributed by atoms with Crippen molar-refractivity contribution in [1.82, 2.24) is 0 Å². The number of aliphatic carboxylic acids is 1. The molecule has 0 radical (unpaired) electrons. The number of aliphatic hydroxyl groups excluding tert-OH is 1. The Kier molecular flexibility index (Phi) is 2.73. The van der Waals surface area contributed by atoms with E-state index in [4.69, 9.17) is 14.6 Å². The molecule has 0 aliphatic carbocycles. The molecule has 1 aromatic carbocycles. The van der Waals surface area contributed by atoms with Gasteiger partial charge in [0.15, 0.2) is 17.6 Å². The SMILES string of the molecule is O=C(O)C(O)c1cc2c(c(Br)c1F)OCO2. The fourth-order valence-corrected chi connectivity index (χ4v) is 1.87. The predicted molar refractivity (Wildman–Crippen MR) is 52.8 cm³/mol. The van der Waals surface area contributed by atoms with Crippen LogP contribution in [-0.2, 0) is 4.79 Å². The minimum atomic E-state index is -1.94. The maximum atomic E-state index is 13.7. The van der Waals surface area contributed by atoms with E-state index >= 15 is 0 Å². The van der Waals surface area contributed by atoms with Crippen molar-refractivity contribution in [3.8, 4) is 11.5 Å². The number of ether oxygens (including phenoxy) is 2. The smallest absolute Gasteiger partial charge is 0.337 e. The van der Waals surface area contributed by atoms with Crippen LogP contribution in [0, 0.1) is 5.82 Å². The molecule has 0 saturated heterocycles. The molecule has 1 aromatic rings. The summed E-state index contributed by atoms with van der Waals surface area (Å²) >= 11 is 2.92. The van der Waals surface area contributed by atoms with Crippen LogP contribution in [0.2, 0.25) is 0 Å². The maximum Gasteiger partial charge on any atom is 0.337 e. The molecule has 1 atom stereocenters. The van der Waals surface area contributed by atoms with Crippen molar-refractivity contribution >= 4 is 21.9 Å². The van der Waals surface area contributed by atoms with Gasteiger partial charge in [-0.05, 0) is 22.0 Å². The average Bonchev–Trinajstić information content (AvgIpc) is 2.70. The van der Waals surface area contributed by atoms with Crippen LogP contribution in [0.5, 0.6) is 11.5 Å². The van der Waals surface area contributed by atoms with Gasteiger partial charge in [-0.3, -0.25) is 0 Å². The van der Waals surface area contributed by atoms with Crippen molar-refractivity contribution in [2.45, 2.75) is 6.10 Å². The van der Waals surface area contributed by atoms with Gasteiger partial charge in [0.25, 0.3) is 0 Å². The molecular weight excluding hydrogens is 287 g/mol. The summed E-state index contributed by atoms with van der Waals surface area (Å²) in [4.78, 5) is 10.6. The van der Waals surface area contributed by atoms with Gasteiger partial charge in [0.1, 0.15) is 5.82 Å². The number of carboxylic acid groups (broad SMARTS) is 1. The first-order valence-electron chi connectivity index (χ1n) is 4.20. The standard InChI is InChI=1S/C9H6BrFO5/c10-5-6(11)3(7(12)9(13)14)1-4-8(5)16-2-15-4/h1,7,12H,2H2,(H,13,14). The highest BCUT2D eigenvalue weighted by molar-refractivity contribution is 9.10. The van der Waals surface area contributed by atoms with E-state index in [0.29, 0.717) is 0 Å². The first kappa shape index (κ1) is 11.2. The topological polar surface area (TPSA) is 76.0 Å². The Labute approximate surface area is 97.5 Å². The number of hydrogen-bond donors (Lipinski definition) is 2. The molecule has 86 valence electrons. The second kappa shape index (κ2) is 3.91. The van der Waals surface area contributed by atoms with E-state index in [2.05, 4.69) is 15.9 Å². The molecular formula is C9H6BrFO5. The highest BCUT2D eigenvalue weighted by atomic mass is 79.9. The summed E-state index contributed by atoms with van der Waals surface area (Å²) in [5.74, 6) is -2.05. The third-order valence-electron chi connectivity index (χ3n) is 2.10. The van der Waals surface area contributed by atoms with Crippen molar-refractivity contribution in [1.29, 1.82) is 0 Å². The summed E-state index contributed by atoms with van der Waals surface area (Å²) in [5, 5.41) is 17.9. The number of rotatable bonds is 2. The van der Waals surface area contributed by atoms with Gasteiger partial charge in [0.2, 0.25) is 6.79 Å². The minimum Gasteiger partial charge on any atom is -0.479 e. The Morgan fingerprint density at radius 3 is 2.88 bits per heavy atom. The van der Waals surface area contributed by atoms with Crippen molar-refractivity contribution in [2.24, 2.45) is 0 Å². The molecule has 1 heterocycles. The van der Waals surface area contributed by atoms with Crippen LogP contribution >= 0.6 is 15.9 Å². The zero-order chi connectivity index (χ0) is 11.9. The highest BCUT2D eigenvalue weighted by Crippen LogP contribution is 2.43. The van der Waals surface area contributed by atoms with E-state index in [-0.39, 0.29) is 28.3 Å². The van der Waals surface area contributed by atoms with E-state index in [1.54, 1.807) is 0 Å². The second-order valence-electron chi connectivity index (χ2n) is 3.07. The van der Waals surface area contributed by atoms with Gasteiger partial charge < -0.3 is 19.7 Å². The zero-order valence-corrected chi connectivity index (χ0v) is 9.32. The van der Waals surface area contributed by atoms with Crippen LogP contribution in [0.4, 0.5) is 4.39 Å². The monoisotopic (exact) mass is 292 g/mol. The van der Waals surface area contributed by atoms with E-state index in [9.17, 15) is 14.3 Å². The van der Waals surface area contributed by atoms with Gasteiger partial charge in [-0.15, -0.1) is 0 Å². The molecule has 1 aliphatic heterocycles. The Morgan fingerprint density at radius 1 is 1.56 bits per heavy atom. The molecule has 0 bridgehead atoms. The number of fused-ring (bicyclic) bond motifs is 1. The Bertz CT molecular complexity index is 462. The number of benzene rings is 1. The Balaban J connectivity index is 2.56. The van der Waals surface area contributed by atoms with Crippen LogP contribution in [0.25, 0.3) is 0 Å². The van der Waals surface area contributed by atoms with Gasteiger partial charge in [0.05, 0.1) is 4.47 Å². The highest BCUT2D eigenvalue weighted by Gasteiger charge is 2.28. The lowest BCUT2D eigenvalue weighted by atomic mass is 10.1. The molecule has 1 unspecified atom stereocenters. The molecule has 0 aromatic heterocycles. The molecule has 16 heavy (non-hydrogen) atoms. The van der Waals surface area contributed by atoms with Crippen LogP contribution in [0.1, 0.15) is 11.7 Å². The van der Waals surface area contributed by atoms with E-state index in [1.807, 2.05) is 0 Å². The minimum absolute atomic E-state index is 0.0576. The van der Waals surface area contributed by atoms with E-state index < -0.39 is 17.9 Å². The van der Waals surface area contributed by atoms with E-state index in [0.717, 1.165) is 6.07 Å². The molecule has 0 saturated carbocycles. The second-order valence-corrected chi connectivity index (χ2v) is 3.86. The zero-order valence-electron chi connectivity index (χ0n) is 7.74. The number of aliphatic hydroxyl groups is 1. The molecule has 5 nitrogen and oxygen atoms in total. The number of carbonyl (C=O) groups is 1. The quantitative estimate of drug-likeness (QED) is 0.862. The van der Waals surface area contributed by atoms with Gasteiger partial charge in [-0.1, -0.05) is 0 Å². The first-order chi connectivity index (χ1) is 7.52. The van der Waals surface area contributed by atoms with Crippen molar-refractivity contribution < 1.29 is 28.9 Å². The third-order valence-corrected chi connectivity index (χ3v) is 2.81. The van der Waals surface area contributed by atoms with Crippen molar-refractivity contribution in [3.05, 3.63) is 21.9 Å². The first-order valence-corrected chi connectivity index (χ1v) is 5.00. The van der Waals surface area contributed by atoms with Crippen LogP contribution in [0.15, 0.2) is 10.5 Å². The van der Waals surface area contributed by atoms with Gasteiger partial charge in [-0.2, -0.15) is 0 Å². The lowest BCUT2D eigenvalue weighted by molar-refractivity contribution is -0.147. The van der Waals surface area contributed by atoms with E-state index in [1.165, 1.54) is 0 Å². The fourth-order valence-electron chi connectivity index (χ4n) is 1.33. The summed E-state index contributed by atoms with van der Waals surface area (Å²) in [6.45, 7) is -0.0695. The summed E-state index contributed by atoms with van der Waals surface area (Å²) in [6.07, 6.45) is -1.94. The van der Waals surface area contributed by atoms with Crippen LogP contribution < -0.4 is 9.47 Å². The summed E-state index contributed by atoms with van der Waals surface area (Å²) in [7, 11) is 0.